The number of nitrogens with zero attached hydrogens (tertiary/aromatic N) is 2. The summed E-state index contributed by atoms with van der Waals surface area (Å²) in [4.78, 5) is 6.66. The standard InChI is InChI=1S/C9H12N2/c1-2-5-10-9(3-1)4-6-11-7-8-11/h1-3,5H,4,6-8H2. The molecule has 0 amide bonds. The third-order valence-electron chi connectivity index (χ3n) is 1.95. The van der Waals surface area contributed by atoms with Crippen LogP contribution in [0.15, 0.2) is 24.4 Å². The molecule has 0 aromatic carbocycles. The van der Waals surface area contributed by atoms with E-state index in [9.17, 15) is 0 Å². The Kier molecular flexibility index (Phi) is 1.86. The molecule has 0 bridgehead atoms. The normalized spacial score (nSPS) is 16.7. The Balaban J connectivity index is 1.85. The average molecular weight is 148 g/mol. The van der Waals surface area contributed by atoms with Crippen LogP contribution in [-0.2, 0) is 6.42 Å². The quantitative estimate of drug-likeness (QED) is 0.593. The molecular formula is C9H12N2. The molecule has 1 aliphatic heterocycles. The topological polar surface area (TPSA) is 15.9 Å². The highest BCUT2D eigenvalue weighted by atomic mass is 15.2. The molecule has 2 nitrogen and oxygen atoms in total. The van der Waals surface area contributed by atoms with E-state index in [4.69, 9.17) is 0 Å². The van der Waals surface area contributed by atoms with Gasteiger partial charge in [0.05, 0.1) is 0 Å². The minimum atomic E-state index is 1.10. The molecule has 0 spiro atoms. The Morgan fingerprint density at radius 2 is 2.27 bits per heavy atom. The van der Waals surface area contributed by atoms with Gasteiger partial charge in [-0.3, -0.25) is 4.98 Å². The molecule has 11 heavy (non-hydrogen) atoms. The first kappa shape index (κ1) is 6.80. The van der Waals surface area contributed by atoms with Gasteiger partial charge in [-0.15, -0.1) is 0 Å². The summed E-state index contributed by atoms with van der Waals surface area (Å²) in [5, 5.41) is 0. The fourth-order valence-electron chi connectivity index (χ4n) is 1.11. The van der Waals surface area contributed by atoms with Crippen molar-refractivity contribution < 1.29 is 0 Å². The lowest BCUT2D eigenvalue weighted by molar-refractivity contribution is 0.556. The van der Waals surface area contributed by atoms with Crippen molar-refractivity contribution in [3.63, 3.8) is 0 Å². The molecule has 2 heteroatoms. The Labute approximate surface area is 66.9 Å². The van der Waals surface area contributed by atoms with Crippen molar-refractivity contribution in [2.24, 2.45) is 0 Å². The summed E-state index contributed by atoms with van der Waals surface area (Å²) in [6, 6.07) is 6.09. The minimum absolute atomic E-state index is 1.10. The lowest BCUT2D eigenvalue weighted by atomic mass is 10.3. The molecule has 1 fully saturated rings. The maximum Gasteiger partial charge on any atom is 0.0416 e. The van der Waals surface area contributed by atoms with E-state index >= 15 is 0 Å². The first-order valence-corrected chi connectivity index (χ1v) is 4.07. The Bertz CT molecular complexity index is 216. The van der Waals surface area contributed by atoms with Gasteiger partial charge in [0.15, 0.2) is 0 Å². The Hall–Kier alpha value is -0.890. The van der Waals surface area contributed by atoms with Crippen LogP contribution in [0.3, 0.4) is 0 Å². The maximum absolute atomic E-state index is 4.25. The zero-order valence-corrected chi connectivity index (χ0v) is 6.53. The molecule has 0 radical (unpaired) electrons. The summed E-state index contributed by atoms with van der Waals surface area (Å²) in [5.74, 6) is 0. The SMILES string of the molecule is c1ccc(CCN2CC2)nc1. The van der Waals surface area contributed by atoms with E-state index in [2.05, 4.69) is 16.0 Å². The predicted octanol–water partition coefficient (Wildman–Crippen LogP) is 0.940. The van der Waals surface area contributed by atoms with Gasteiger partial charge >= 0.3 is 0 Å². The number of hydrogen-bond acceptors (Lipinski definition) is 2. The zero-order chi connectivity index (χ0) is 7.52. The van der Waals surface area contributed by atoms with Crippen LogP contribution >= 0.6 is 0 Å². The van der Waals surface area contributed by atoms with Gasteiger partial charge in [-0.2, -0.15) is 0 Å². The third kappa shape index (κ3) is 2.02. The van der Waals surface area contributed by atoms with Gasteiger partial charge in [0, 0.05) is 37.9 Å². The van der Waals surface area contributed by atoms with E-state index in [0.717, 1.165) is 6.42 Å². The van der Waals surface area contributed by atoms with E-state index in [1.165, 1.54) is 25.3 Å². The van der Waals surface area contributed by atoms with E-state index in [-0.39, 0.29) is 0 Å². The fraction of sp³-hybridized carbons (Fsp3) is 0.444. The van der Waals surface area contributed by atoms with E-state index in [1.807, 2.05) is 18.3 Å². The molecular weight excluding hydrogens is 136 g/mol. The van der Waals surface area contributed by atoms with Gasteiger partial charge < -0.3 is 4.90 Å². The summed E-state index contributed by atoms with van der Waals surface area (Å²) in [5.41, 5.74) is 1.21. The minimum Gasteiger partial charge on any atom is -0.300 e. The van der Waals surface area contributed by atoms with Gasteiger partial charge in [0.1, 0.15) is 0 Å². The molecule has 0 aliphatic carbocycles. The summed E-state index contributed by atoms with van der Waals surface area (Å²) in [6.45, 7) is 3.75. The Morgan fingerprint density at radius 1 is 1.36 bits per heavy atom. The molecule has 1 aliphatic rings. The van der Waals surface area contributed by atoms with Crippen molar-refractivity contribution in [2.45, 2.75) is 6.42 Å². The summed E-state index contributed by atoms with van der Waals surface area (Å²) >= 11 is 0. The molecule has 0 atom stereocenters. The van der Waals surface area contributed by atoms with Crippen LogP contribution in [0.2, 0.25) is 0 Å². The van der Waals surface area contributed by atoms with Crippen molar-refractivity contribution in [1.82, 2.24) is 9.88 Å². The molecule has 0 saturated carbocycles. The second-order valence-corrected chi connectivity index (χ2v) is 2.91. The second kappa shape index (κ2) is 3.01. The van der Waals surface area contributed by atoms with Crippen LogP contribution < -0.4 is 0 Å². The fourth-order valence-corrected chi connectivity index (χ4v) is 1.11. The molecule has 0 N–H and O–H groups in total. The molecule has 1 saturated heterocycles. The largest absolute Gasteiger partial charge is 0.300 e. The average Bonchev–Trinajstić information content (AvgIpc) is 2.86. The maximum atomic E-state index is 4.25. The first-order valence-electron chi connectivity index (χ1n) is 4.07. The van der Waals surface area contributed by atoms with Crippen molar-refractivity contribution in [3.05, 3.63) is 30.1 Å². The highest BCUT2D eigenvalue weighted by molar-refractivity contribution is 5.04. The molecule has 1 aromatic heterocycles. The van der Waals surface area contributed by atoms with E-state index < -0.39 is 0 Å². The summed E-state index contributed by atoms with van der Waals surface area (Å²) in [6.07, 6.45) is 2.96. The Morgan fingerprint density at radius 3 is 2.91 bits per heavy atom. The highest BCUT2D eigenvalue weighted by Gasteiger charge is 2.15. The number of pyridine rings is 1. The highest BCUT2D eigenvalue weighted by Crippen LogP contribution is 2.04. The zero-order valence-electron chi connectivity index (χ0n) is 6.53. The van der Waals surface area contributed by atoms with Crippen molar-refractivity contribution in [1.29, 1.82) is 0 Å². The molecule has 2 heterocycles. The molecule has 1 aromatic rings. The number of rotatable bonds is 3. The number of hydrogen-bond donors (Lipinski definition) is 0. The first-order chi connectivity index (χ1) is 5.45. The summed E-state index contributed by atoms with van der Waals surface area (Å²) < 4.78 is 0. The molecule has 2 rings (SSSR count). The second-order valence-electron chi connectivity index (χ2n) is 2.91. The lowest BCUT2D eigenvalue weighted by Gasteiger charge is -1.98. The van der Waals surface area contributed by atoms with Crippen LogP contribution in [-0.4, -0.2) is 29.5 Å². The van der Waals surface area contributed by atoms with Crippen LogP contribution in [0.4, 0.5) is 0 Å². The van der Waals surface area contributed by atoms with Gasteiger partial charge in [0.25, 0.3) is 0 Å². The van der Waals surface area contributed by atoms with Gasteiger partial charge in [0.2, 0.25) is 0 Å². The smallest absolute Gasteiger partial charge is 0.0416 e. The van der Waals surface area contributed by atoms with Crippen molar-refractivity contribution in [3.8, 4) is 0 Å². The van der Waals surface area contributed by atoms with Crippen LogP contribution in [0.25, 0.3) is 0 Å². The van der Waals surface area contributed by atoms with Crippen LogP contribution in [0.5, 0.6) is 0 Å². The van der Waals surface area contributed by atoms with E-state index in [1.54, 1.807) is 0 Å². The summed E-state index contributed by atoms with van der Waals surface area (Å²) in [7, 11) is 0. The predicted molar refractivity (Wildman–Crippen MR) is 44.4 cm³/mol. The monoisotopic (exact) mass is 148 g/mol. The van der Waals surface area contributed by atoms with E-state index in [0.29, 0.717) is 0 Å². The van der Waals surface area contributed by atoms with Crippen LogP contribution in [0, 0.1) is 0 Å². The number of aromatic nitrogens is 1. The van der Waals surface area contributed by atoms with Crippen LogP contribution in [0.1, 0.15) is 5.69 Å². The molecule has 0 unspecified atom stereocenters. The van der Waals surface area contributed by atoms with Crippen molar-refractivity contribution >= 4 is 0 Å². The third-order valence-corrected chi connectivity index (χ3v) is 1.95. The van der Waals surface area contributed by atoms with Gasteiger partial charge in [-0.25, -0.2) is 0 Å². The molecule has 58 valence electrons. The van der Waals surface area contributed by atoms with Gasteiger partial charge in [-0.05, 0) is 12.1 Å². The van der Waals surface area contributed by atoms with Crippen molar-refractivity contribution in [2.75, 3.05) is 19.6 Å². The van der Waals surface area contributed by atoms with Gasteiger partial charge in [-0.1, -0.05) is 6.07 Å². The lowest BCUT2D eigenvalue weighted by Crippen LogP contribution is -2.03.